The summed E-state index contributed by atoms with van der Waals surface area (Å²) in [6.07, 6.45) is 0.266. The second-order valence-corrected chi connectivity index (χ2v) is 5.28. The quantitative estimate of drug-likeness (QED) is 0.788. The number of nitrogens with zero attached hydrogens (tertiary/aromatic N) is 1. The van der Waals surface area contributed by atoms with Crippen LogP contribution in [0.3, 0.4) is 0 Å². The van der Waals surface area contributed by atoms with Crippen LogP contribution < -0.4 is 5.32 Å². The Bertz CT molecular complexity index is 390. The van der Waals surface area contributed by atoms with Gasteiger partial charge in [-0.25, -0.2) is 0 Å². The lowest BCUT2D eigenvalue weighted by atomic mass is 9.97. The Hall–Kier alpha value is -1.06. The van der Waals surface area contributed by atoms with Gasteiger partial charge in [0, 0.05) is 11.6 Å². The fourth-order valence-corrected chi connectivity index (χ4v) is 2.03. The highest BCUT2D eigenvalue weighted by Gasteiger charge is 2.19. The summed E-state index contributed by atoms with van der Waals surface area (Å²) in [6, 6.07) is 6.09. The van der Waals surface area contributed by atoms with Gasteiger partial charge in [0.15, 0.2) is 0 Å². The third-order valence-corrected chi connectivity index (χ3v) is 3.81. The minimum atomic E-state index is 0.172. The molecule has 0 amide bonds. The van der Waals surface area contributed by atoms with E-state index in [-0.39, 0.29) is 12.2 Å². The molecule has 2 unspecified atom stereocenters. The lowest BCUT2D eigenvalue weighted by molar-refractivity contribution is 0.173. The molecule has 0 aliphatic rings. The zero-order valence-corrected chi connectivity index (χ0v) is 12.4. The Kier molecular flexibility index (Phi) is 5.17. The van der Waals surface area contributed by atoms with Crippen LogP contribution in [0.25, 0.3) is 0 Å². The summed E-state index contributed by atoms with van der Waals surface area (Å²) in [5, 5.41) is 13.3. The molecule has 0 aromatic heterocycles. The van der Waals surface area contributed by atoms with Crippen LogP contribution >= 0.6 is 0 Å². The van der Waals surface area contributed by atoms with Crippen LogP contribution in [0, 0.1) is 0 Å². The fourth-order valence-electron chi connectivity index (χ4n) is 2.03. The number of rotatable bonds is 5. The van der Waals surface area contributed by atoms with E-state index in [1.807, 2.05) is 13.1 Å². The van der Waals surface area contributed by atoms with Gasteiger partial charge in [0.05, 0.1) is 6.17 Å². The van der Waals surface area contributed by atoms with Gasteiger partial charge in [0.1, 0.15) is 5.75 Å². The number of aromatic hydroxyl groups is 1. The smallest absolute Gasteiger partial charge is 0.120 e. The van der Waals surface area contributed by atoms with Crippen molar-refractivity contribution in [2.45, 2.75) is 45.8 Å². The lowest BCUT2D eigenvalue weighted by Crippen LogP contribution is -2.40. The zero-order chi connectivity index (χ0) is 13.9. The Balaban J connectivity index is 3.04. The number of phenols is 1. The molecule has 2 atom stereocenters. The average Bonchev–Trinajstić information content (AvgIpc) is 2.36. The molecule has 1 rings (SSSR count). The molecule has 0 aliphatic carbocycles. The van der Waals surface area contributed by atoms with Crippen molar-refractivity contribution >= 4 is 0 Å². The summed E-state index contributed by atoms with van der Waals surface area (Å²) in [7, 11) is 4.01. The molecule has 0 saturated heterocycles. The van der Waals surface area contributed by atoms with Gasteiger partial charge in [-0.05, 0) is 45.5 Å². The molecule has 0 aliphatic heterocycles. The second kappa shape index (κ2) is 6.21. The first kappa shape index (κ1) is 15.0. The van der Waals surface area contributed by atoms with Crippen LogP contribution in [0.5, 0.6) is 5.75 Å². The summed E-state index contributed by atoms with van der Waals surface area (Å²) in [4.78, 5) is 2.21. The van der Waals surface area contributed by atoms with Gasteiger partial charge in [0.25, 0.3) is 0 Å². The maximum atomic E-state index is 10.0. The van der Waals surface area contributed by atoms with Crippen molar-refractivity contribution < 1.29 is 5.11 Å². The molecular formula is C15H26N2O. The van der Waals surface area contributed by atoms with Crippen LogP contribution in [-0.2, 0) is 0 Å². The molecule has 102 valence electrons. The van der Waals surface area contributed by atoms with E-state index in [0.29, 0.717) is 11.7 Å². The largest absolute Gasteiger partial charge is 0.508 e. The first-order chi connectivity index (χ1) is 8.38. The van der Waals surface area contributed by atoms with Crippen molar-refractivity contribution in [1.82, 2.24) is 10.2 Å². The minimum Gasteiger partial charge on any atom is -0.508 e. The molecule has 0 saturated carbocycles. The molecule has 0 fully saturated rings. The van der Waals surface area contributed by atoms with E-state index in [1.165, 1.54) is 5.56 Å². The maximum absolute atomic E-state index is 10.0. The van der Waals surface area contributed by atoms with Crippen LogP contribution in [0.4, 0.5) is 0 Å². The van der Waals surface area contributed by atoms with Gasteiger partial charge in [-0.3, -0.25) is 4.90 Å². The molecule has 3 heteroatoms. The lowest BCUT2D eigenvalue weighted by Gasteiger charge is -2.31. The Morgan fingerprint density at radius 1 is 1.17 bits per heavy atom. The Labute approximate surface area is 111 Å². The predicted molar refractivity (Wildman–Crippen MR) is 76.9 cm³/mol. The molecule has 1 aromatic carbocycles. The molecule has 0 radical (unpaired) electrons. The standard InChI is InChI=1S/C15H26N2O/c1-10(2)13-7-8-15(18)14(9-13)11(3)17(6)12(4)16-5/h7-12,16,18H,1-6H3. The summed E-state index contributed by atoms with van der Waals surface area (Å²) in [5.74, 6) is 0.852. The Morgan fingerprint density at radius 2 is 1.78 bits per heavy atom. The molecule has 1 aromatic rings. The SMILES string of the molecule is CNC(C)N(C)C(C)c1cc(C(C)C)ccc1O. The summed E-state index contributed by atoms with van der Waals surface area (Å²) < 4.78 is 0. The van der Waals surface area contributed by atoms with Crippen molar-refractivity contribution in [2.24, 2.45) is 0 Å². The normalized spacial score (nSPS) is 15.1. The topological polar surface area (TPSA) is 35.5 Å². The van der Waals surface area contributed by atoms with Crippen LogP contribution in [0.1, 0.15) is 50.8 Å². The first-order valence-electron chi connectivity index (χ1n) is 6.60. The van der Waals surface area contributed by atoms with Gasteiger partial charge >= 0.3 is 0 Å². The first-order valence-corrected chi connectivity index (χ1v) is 6.60. The average molecular weight is 250 g/mol. The highest BCUT2D eigenvalue weighted by atomic mass is 16.3. The van der Waals surface area contributed by atoms with E-state index < -0.39 is 0 Å². The van der Waals surface area contributed by atoms with E-state index >= 15 is 0 Å². The van der Waals surface area contributed by atoms with Crippen LogP contribution in [-0.4, -0.2) is 30.3 Å². The highest BCUT2D eigenvalue weighted by Crippen LogP contribution is 2.31. The summed E-state index contributed by atoms with van der Waals surface area (Å²) in [6.45, 7) is 8.56. The second-order valence-electron chi connectivity index (χ2n) is 5.28. The third kappa shape index (κ3) is 3.24. The number of benzene rings is 1. The van der Waals surface area contributed by atoms with E-state index in [1.54, 1.807) is 6.07 Å². The zero-order valence-electron chi connectivity index (χ0n) is 12.4. The monoisotopic (exact) mass is 250 g/mol. The van der Waals surface area contributed by atoms with Gasteiger partial charge in [-0.2, -0.15) is 0 Å². The van der Waals surface area contributed by atoms with Gasteiger partial charge in [-0.1, -0.05) is 26.0 Å². The van der Waals surface area contributed by atoms with E-state index in [0.717, 1.165) is 5.56 Å². The predicted octanol–water partition coefficient (Wildman–Crippen LogP) is 3.07. The molecule has 0 heterocycles. The fraction of sp³-hybridized carbons (Fsp3) is 0.600. The van der Waals surface area contributed by atoms with Gasteiger partial charge < -0.3 is 10.4 Å². The molecule has 3 nitrogen and oxygen atoms in total. The van der Waals surface area contributed by atoms with Crippen LogP contribution in [0.15, 0.2) is 18.2 Å². The number of nitrogens with one attached hydrogen (secondary N) is 1. The van der Waals surface area contributed by atoms with Crippen molar-refractivity contribution in [3.63, 3.8) is 0 Å². The third-order valence-electron chi connectivity index (χ3n) is 3.81. The Morgan fingerprint density at radius 3 is 2.28 bits per heavy atom. The van der Waals surface area contributed by atoms with Crippen molar-refractivity contribution in [1.29, 1.82) is 0 Å². The molecule has 0 spiro atoms. The number of hydrogen-bond donors (Lipinski definition) is 2. The van der Waals surface area contributed by atoms with Gasteiger partial charge in [-0.15, -0.1) is 0 Å². The van der Waals surface area contributed by atoms with E-state index in [9.17, 15) is 5.11 Å². The molecule has 0 bridgehead atoms. The summed E-state index contributed by atoms with van der Waals surface area (Å²) in [5.41, 5.74) is 2.26. The molecule has 2 N–H and O–H groups in total. The van der Waals surface area contributed by atoms with Crippen molar-refractivity contribution in [3.8, 4) is 5.75 Å². The van der Waals surface area contributed by atoms with Crippen molar-refractivity contribution in [2.75, 3.05) is 14.1 Å². The summed E-state index contributed by atoms with van der Waals surface area (Å²) >= 11 is 0. The molecule has 18 heavy (non-hydrogen) atoms. The molecular weight excluding hydrogens is 224 g/mol. The number of phenolic OH excluding ortho intramolecular Hbond substituents is 1. The highest BCUT2D eigenvalue weighted by molar-refractivity contribution is 5.39. The van der Waals surface area contributed by atoms with E-state index in [2.05, 4.69) is 51.0 Å². The van der Waals surface area contributed by atoms with E-state index in [4.69, 9.17) is 0 Å². The van der Waals surface area contributed by atoms with Crippen molar-refractivity contribution in [3.05, 3.63) is 29.3 Å². The maximum Gasteiger partial charge on any atom is 0.120 e. The number of hydrogen-bond acceptors (Lipinski definition) is 3. The van der Waals surface area contributed by atoms with Gasteiger partial charge in [0.2, 0.25) is 0 Å². The van der Waals surface area contributed by atoms with Crippen LogP contribution in [0.2, 0.25) is 0 Å². The minimum absolute atomic E-state index is 0.172.